The van der Waals surface area contributed by atoms with Crippen molar-refractivity contribution in [3.05, 3.63) is 57.7 Å². The highest BCUT2D eigenvalue weighted by Crippen LogP contribution is 2.57. The van der Waals surface area contributed by atoms with Crippen LogP contribution >= 0.6 is 22.6 Å². The summed E-state index contributed by atoms with van der Waals surface area (Å²) in [5.74, 6) is -0.894. The average Bonchev–Trinajstić information content (AvgIpc) is 3.32. The van der Waals surface area contributed by atoms with E-state index in [0.717, 1.165) is 16.4 Å². The van der Waals surface area contributed by atoms with Crippen LogP contribution in [0.3, 0.4) is 0 Å². The molecule has 5 atom stereocenters. The average molecular weight is 502 g/mol. The predicted molar refractivity (Wildman–Crippen MR) is 115 cm³/mol. The van der Waals surface area contributed by atoms with Gasteiger partial charge >= 0.3 is 5.97 Å². The highest BCUT2D eigenvalue weighted by Gasteiger charge is 2.63. The van der Waals surface area contributed by atoms with E-state index in [1.165, 1.54) is 0 Å². The highest BCUT2D eigenvalue weighted by molar-refractivity contribution is 14.1. The molecule has 1 heterocycles. The first-order chi connectivity index (χ1) is 14.0. The summed E-state index contributed by atoms with van der Waals surface area (Å²) in [5, 5.41) is 5.77. The number of carbonyl (C=O) groups excluding carboxylic acids is 3. The lowest BCUT2D eigenvalue weighted by molar-refractivity contribution is -0.145. The summed E-state index contributed by atoms with van der Waals surface area (Å²) in [7, 11) is 0. The van der Waals surface area contributed by atoms with Crippen LogP contribution < -0.4 is 10.6 Å². The molecule has 2 aliphatic carbocycles. The number of amides is 2. The molecule has 2 aromatic carbocycles. The maximum Gasteiger partial charge on any atom is 0.310 e. The maximum absolute atomic E-state index is 12.9. The number of rotatable bonds is 4. The van der Waals surface area contributed by atoms with Gasteiger partial charge in [-0.1, -0.05) is 6.07 Å². The molecule has 0 unspecified atom stereocenters. The third-order valence-electron chi connectivity index (χ3n) is 6.28. The first kappa shape index (κ1) is 18.6. The van der Waals surface area contributed by atoms with Crippen molar-refractivity contribution < 1.29 is 19.1 Å². The van der Waals surface area contributed by atoms with E-state index >= 15 is 0 Å². The minimum atomic E-state index is -0.337. The minimum absolute atomic E-state index is 0.00911. The second kappa shape index (κ2) is 7.12. The topological polar surface area (TPSA) is 84.5 Å². The Morgan fingerprint density at radius 1 is 1.00 bits per heavy atom. The Hall–Kier alpha value is -2.42. The van der Waals surface area contributed by atoms with Gasteiger partial charge in [0.05, 0.1) is 11.8 Å². The number of esters is 1. The van der Waals surface area contributed by atoms with Crippen LogP contribution in [0.25, 0.3) is 0 Å². The molecule has 148 valence electrons. The number of hydrogen-bond donors (Lipinski definition) is 2. The molecule has 0 spiro atoms. The molecule has 3 aliphatic rings. The minimum Gasteiger partial charge on any atom is -0.462 e. The number of benzene rings is 2. The molecule has 2 saturated carbocycles. The van der Waals surface area contributed by atoms with E-state index < -0.39 is 0 Å². The van der Waals surface area contributed by atoms with E-state index in [1.54, 1.807) is 24.3 Å². The standard InChI is InChI=1S/C22H19IN2O4/c23-13-4-6-14(7-5-13)24-20(26)11-2-1-3-15(8-11)25-21(27)18-12-9-16-17(10-12)29-22(28)19(16)18/h1-8,12,16-19H,9-10H2,(H,24,26)(H,25,27)/t12-,16-,17+,18+,19-/m0/s1. The molecule has 2 amide bonds. The molecule has 1 saturated heterocycles. The number of ether oxygens (including phenoxy) is 1. The summed E-state index contributed by atoms with van der Waals surface area (Å²) < 4.78 is 6.50. The Balaban J connectivity index is 1.29. The van der Waals surface area contributed by atoms with Crippen LogP contribution in [-0.2, 0) is 14.3 Å². The molecule has 7 heteroatoms. The van der Waals surface area contributed by atoms with E-state index in [4.69, 9.17) is 4.74 Å². The number of hydrogen-bond acceptors (Lipinski definition) is 4. The first-order valence-electron chi connectivity index (χ1n) is 9.68. The zero-order valence-electron chi connectivity index (χ0n) is 15.4. The van der Waals surface area contributed by atoms with Crippen molar-refractivity contribution in [1.29, 1.82) is 0 Å². The fourth-order valence-corrected chi connectivity index (χ4v) is 5.42. The summed E-state index contributed by atoms with van der Waals surface area (Å²) in [6.45, 7) is 0. The number of nitrogens with one attached hydrogen (secondary N) is 2. The Morgan fingerprint density at radius 2 is 1.79 bits per heavy atom. The molecule has 3 fully saturated rings. The van der Waals surface area contributed by atoms with Crippen molar-refractivity contribution >= 4 is 51.7 Å². The Bertz CT molecular complexity index is 1000. The van der Waals surface area contributed by atoms with E-state index in [9.17, 15) is 14.4 Å². The van der Waals surface area contributed by atoms with Crippen molar-refractivity contribution in [3.63, 3.8) is 0 Å². The summed E-state index contributed by atoms with van der Waals surface area (Å²) in [6.07, 6.45) is 1.68. The van der Waals surface area contributed by atoms with Gasteiger partial charge < -0.3 is 15.4 Å². The van der Waals surface area contributed by atoms with Crippen LogP contribution in [0.5, 0.6) is 0 Å². The van der Waals surface area contributed by atoms with Gasteiger partial charge in [-0.2, -0.15) is 0 Å². The van der Waals surface area contributed by atoms with Gasteiger partial charge in [-0.15, -0.1) is 0 Å². The molecule has 29 heavy (non-hydrogen) atoms. The molecule has 0 radical (unpaired) electrons. The Labute approximate surface area is 181 Å². The van der Waals surface area contributed by atoms with Gasteiger partial charge in [0.1, 0.15) is 6.10 Å². The molecule has 1 aliphatic heterocycles. The van der Waals surface area contributed by atoms with E-state index in [0.29, 0.717) is 16.9 Å². The lowest BCUT2D eigenvalue weighted by Crippen LogP contribution is -2.35. The summed E-state index contributed by atoms with van der Waals surface area (Å²) in [5.41, 5.74) is 1.71. The number of fused-ring (bicyclic) bond motifs is 1. The molecule has 2 bridgehead atoms. The van der Waals surface area contributed by atoms with Crippen LogP contribution in [0, 0.1) is 27.2 Å². The molecule has 0 aromatic heterocycles. The van der Waals surface area contributed by atoms with Crippen LogP contribution in [0.15, 0.2) is 48.5 Å². The van der Waals surface area contributed by atoms with E-state index in [1.807, 2.05) is 24.3 Å². The van der Waals surface area contributed by atoms with Crippen molar-refractivity contribution in [2.24, 2.45) is 23.7 Å². The van der Waals surface area contributed by atoms with Crippen molar-refractivity contribution in [2.75, 3.05) is 10.6 Å². The third-order valence-corrected chi connectivity index (χ3v) is 7.00. The number of carbonyl (C=O) groups is 3. The Morgan fingerprint density at radius 3 is 2.59 bits per heavy atom. The number of anilines is 2. The van der Waals surface area contributed by atoms with Crippen LogP contribution in [-0.4, -0.2) is 23.9 Å². The monoisotopic (exact) mass is 502 g/mol. The van der Waals surface area contributed by atoms with Crippen LogP contribution in [0.4, 0.5) is 11.4 Å². The molecule has 6 nitrogen and oxygen atoms in total. The maximum atomic E-state index is 12.9. The summed E-state index contributed by atoms with van der Waals surface area (Å²) in [6, 6.07) is 14.4. The second-order valence-electron chi connectivity index (χ2n) is 7.95. The zero-order valence-corrected chi connectivity index (χ0v) is 17.6. The summed E-state index contributed by atoms with van der Waals surface area (Å²) in [4.78, 5) is 37.6. The SMILES string of the molecule is O=C(Nc1ccc(I)cc1)c1cccc(NC(=O)[C@@H]2[C@H]3C[C@@H]4[C@@H]2C(=O)O[C@@H]4C3)c1. The van der Waals surface area contributed by atoms with Gasteiger partial charge in [-0.05, 0) is 83.8 Å². The normalized spacial score (nSPS) is 28.9. The Kier molecular flexibility index (Phi) is 4.57. The lowest BCUT2D eigenvalue weighted by Gasteiger charge is -2.23. The zero-order chi connectivity index (χ0) is 20.1. The fourth-order valence-electron chi connectivity index (χ4n) is 5.06. The highest BCUT2D eigenvalue weighted by atomic mass is 127. The van der Waals surface area contributed by atoms with Crippen LogP contribution in [0.2, 0.25) is 0 Å². The third kappa shape index (κ3) is 3.31. The van der Waals surface area contributed by atoms with Crippen molar-refractivity contribution in [1.82, 2.24) is 0 Å². The van der Waals surface area contributed by atoms with E-state index in [2.05, 4.69) is 33.2 Å². The molecule has 2 N–H and O–H groups in total. The van der Waals surface area contributed by atoms with E-state index in [-0.39, 0.29) is 47.6 Å². The van der Waals surface area contributed by atoms with Crippen molar-refractivity contribution in [2.45, 2.75) is 18.9 Å². The smallest absolute Gasteiger partial charge is 0.310 e. The van der Waals surface area contributed by atoms with Gasteiger partial charge in [0.25, 0.3) is 5.91 Å². The predicted octanol–water partition coefficient (Wildman–Crippen LogP) is 3.68. The lowest BCUT2D eigenvalue weighted by atomic mass is 9.79. The first-order valence-corrected chi connectivity index (χ1v) is 10.8. The molecular formula is C22H19IN2O4. The molecule has 2 aromatic rings. The van der Waals surface area contributed by atoms with Crippen LogP contribution in [0.1, 0.15) is 23.2 Å². The van der Waals surface area contributed by atoms with Gasteiger partial charge in [-0.25, -0.2) is 0 Å². The van der Waals surface area contributed by atoms with Crippen molar-refractivity contribution in [3.8, 4) is 0 Å². The quantitative estimate of drug-likeness (QED) is 0.494. The largest absolute Gasteiger partial charge is 0.462 e. The van der Waals surface area contributed by atoms with Gasteiger partial charge in [0.2, 0.25) is 5.91 Å². The molecular weight excluding hydrogens is 483 g/mol. The molecule has 5 rings (SSSR count). The van der Waals surface area contributed by atoms with Gasteiger partial charge in [0.15, 0.2) is 0 Å². The fraction of sp³-hybridized carbons (Fsp3) is 0.318. The summed E-state index contributed by atoms with van der Waals surface area (Å²) >= 11 is 2.21. The van der Waals surface area contributed by atoms with Gasteiger partial charge in [-0.3, -0.25) is 14.4 Å². The van der Waals surface area contributed by atoms with Gasteiger partial charge in [0, 0.05) is 26.4 Å². The second-order valence-corrected chi connectivity index (χ2v) is 9.20. The number of halogens is 1.